The van der Waals surface area contributed by atoms with Gasteiger partial charge < -0.3 is 9.84 Å². The first kappa shape index (κ1) is 19.0. The molecule has 3 saturated carbocycles. The Hall–Kier alpha value is -1.32. The van der Waals surface area contributed by atoms with Crippen molar-refractivity contribution in [1.82, 2.24) is 0 Å². The number of rotatable bonds is 4. The monoisotopic (exact) mass is 374 g/mol. The first-order valence-electron chi connectivity index (χ1n) is 10.8. The Morgan fingerprint density at radius 2 is 1.96 bits per heavy atom. The van der Waals surface area contributed by atoms with Crippen LogP contribution in [0.2, 0.25) is 0 Å². The van der Waals surface area contributed by atoms with Crippen LogP contribution in [0.15, 0.2) is 11.6 Å². The third-order valence-electron chi connectivity index (χ3n) is 9.18. The number of hydrogen-bond acceptors (Lipinski definition) is 3. The van der Waals surface area contributed by atoms with Crippen LogP contribution in [-0.4, -0.2) is 23.7 Å². The van der Waals surface area contributed by atoms with Crippen LogP contribution in [0.5, 0.6) is 0 Å². The third-order valence-corrected chi connectivity index (χ3v) is 9.18. The fourth-order valence-electron chi connectivity index (χ4n) is 7.89. The molecule has 27 heavy (non-hydrogen) atoms. The molecule has 0 aromatic carbocycles. The summed E-state index contributed by atoms with van der Waals surface area (Å²) < 4.78 is 5.49. The Bertz CT molecular complexity index is 682. The van der Waals surface area contributed by atoms with Gasteiger partial charge in [0.15, 0.2) is 0 Å². The SMILES string of the molecule is CC1=CC2CCC3C(C)(COC(=O)CC(=O)O)CCCC3(C)C23CCC1C3. The van der Waals surface area contributed by atoms with Gasteiger partial charge in [-0.1, -0.05) is 31.9 Å². The number of ether oxygens (including phenoxy) is 1. The van der Waals surface area contributed by atoms with Gasteiger partial charge in [0.25, 0.3) is 0 Å². The molecule has 1 spiro atoms. The maximum atomic E-state index is 11.9. The topological polar surface area (TPSA) is 63.6 Å². The second-order valence-electron chi connectivity index (χ2n) is 10.4. The van der Waals surface area contributed by atoms with Gasteiger partial charge in [-0.15, -0.1) is 0 Å². The molecule has 150 valence electrons. The zero-order valence-corrected chi connectivity index (χ0v) is 17.1. The molecular formula is C23H34O4. The van der Waals surface area contributed by atoms with E-state index in [9.17, 15) is 9.59 Å². The van der Waals surface area contributed by atoms with Crippen LogP contribution in [0.1, 0.15) is 78.6 Å². The van der Waals surface area contributed by atoms with Gasteiger partial charge in [-0.2, -0.15) is 0 Å². The minimum absolute atomic E-state index is 0.0326. The van der Waals surface area contributed by atoms with E-state index in [1.165, 1.54) is 44.9 Å². The van der Waals surface area contributed by atoms with Gasteiger partial charge in [0.2, 0.25) is 0 Å². The summed E-state index contributed by atoms with van der Waals surface area (Å²) in [5, 5.41) is 8.83. The summed E-state index contributed by atoms with van der Waals surface area (Å²) in [6, 6.07) is 0. The second kappa shape index (κ2) is 6.35. The van der Waals surface area contributed by atoms with Gasteiger partial charge in [0.05, 0.1) is 6.61 Å². The molecule has 4 heteroatoms. The van der Waals surface area contributed by atoms with Crippen LogP contribution in [0.4, 0.5) is 0 Å². The van der Waals surface area contributed by atoms with Crippen molar-refractivity contribution >= 4 is 11.9 Å². The van der Waals surface area contributed by atoms with Gasteiger partial charge in [0.1, 0.15) is 6.42 Å². The third kappa shape index (κ3) is 2.77. The van der Waals surface area contributed by atoms with Crippen LogP contribution >= 0.6 is 0 Å². The Morgan fingerprint density at radius 3 is 2.70 bits per heavy atom. The molecule has 0 radical (unpaired) electrons. The van der Waals surface area contributed by atoms with Crippen LogP contribution in [0.3, 0.4) is 0 Å². The molecular weight excluding hydrogens is 340 g/mol. The molecule has 2 bridgehead atoms. The standard InChI is InChI=1S/C23H34O4/c1-15-11-17-5-6-18-21(2,14-27-20(26)12-19(24)25)8-4-9-22(18,3)23(17)10-7-16(15)13-23/h11,16-18H,4-10,12-14H2,1-3H3,(H,24,25). The quantitative estimate of drug-likeness (QED) is 0.428. The predicted molar refractivity (Wildman–Crippen MR) is 103 cm³/mol. The number of fused-ring (bicyclic) bond motifs is 2. The van der Waals surface area contributed by atoms with Gasteiger partial charge in [-0.25, -0.2) is 0 Å². The molecule has 0 aliphatic heterocycles. The molecule has 4 aliphatic carbocycles. The van der Waals surface area contributed by atoms with Crippen LogP contribution in [0.25, 0.3) is 0 Å². The number of esters is 1. The number of hydrogen-bond donors (Lipinski definition) is 1. The molecule has 0 amide bonds. The number of allylic oxidation sites excluding steroid dienone is 2. The molecule has 4 aliphatic rings. The largest absolute Gasteiger partial charge is 0.481 e. The maximum Gasteiger partial charge on any atom is 0.317 e. The molecule has 0 aromatic heterocycles. The molecule has 3 fully saturated rings. The number of carbonyl (C=O) groups is 2. The Morgan fingerprint density at radius 1 is 1.19 bits per heavy atom. The summed E-state index contributed by atoms with van der Waals surface area (Å²) in [6.07, 6.45) is 12.1. The Balaban J connectivity index is 1.59. The number of aliphatic carboxylic acids is 1. The molecule has 0 aromatic rings. The molecule has 6 unspecified atom stereocenters. The molecule has 0 heterocycles. The zero-order valence-electron chi connectivity index (χ0n) is 17.1. The van der Waals surface area contributed by atoms with E-state index in [0.29, 0.717) is 23.4 Å². The molecule has 0 saturated heterocycles. The van der Waals surface area contributed by atoms with Crippen molar-refractivity contribution in [2.75, 3.05) is 6.61 Å². The van der Waals surface area contributed by atoms with Crippen molar-refractivity contribution in [3.8, 4) is 0 Å². The Kier molecular flexibility index (Phi) is 4.47. The lowest BCUT2D eigenvalue weighted by molar-refractivity contribution is -0.178. The van der Waals surface area contributed by atoms with Crippen molar-refractivity contribution in [3.63, 3.8) is 0 Å². The maximum absolute atomic E-state index is 11.9. The van der Waals surface area contributed by atoms with E-state index < -0.39 is 18.4 Å². The van der Waals surface area contributed by atoms with Gasteiger partial charge in [-0.3, -0.25) is 9.59 Å². The van der Waals surface area contributed by atoms with Crippen molar-refractivity contribution in [1.29, 1.82) is 0 Å². The van der Waals surface area contributed by atoms with E-state index in [4.69, 9.17) is 9.84 Å². The lowest BCUT2D eigenvalue weighted by Crippen LogP contribution is -2.59. The average molecular weight is 375 g/mol. The predicted octanol–water partition coefficient (Wildman–Crippen LogP) is 4.97. The van der Waals surface area contributed by atoms with Crippen LogP contribution in [-0.2, 0) is 14.3 Å². The summed E-state index contributed by atoms with van der Waals surface area (Å²) in [5.74, 6) is 0.338. The number of carboxylic acid groups (broad SMARTS) is 1. The van der Waals surface area contributed by atoms with Gasteiger partial charge in [-0.05, 0) is 80.5 Å². The van der Waals surface area contributed by atoms with Gasteiger partial charge in [0, 0.05) is 5.41 Å². The smallest absolute Gasteiger partial charge is 0.317 e. The molecule has 4 nitrogen and oxygen atoms in total. The molecule has 1 N–H and O–H groups in total. The minimum atomic E-state index is -1.11. The first-order chi connectivity index (χ1) is 12.7. The highest BCUT2D eigenvalue weighted by Crippen LogP contribution is 2.73. The highest BCUT2D eigenvalue weighted by atomic mass is 16.5. The minimum Gasteiger partial charge on any atom is -0.481 e. The second-order valence-corrected chi connectivity index (χ2v) is 10.4. The van der Waals surface area contributed by atoms with E-state index >= 15 is 0 Å². The van der Waals surface area contributed by atoms with Crippen molar-refractivity contribution < 1.29 is 19.4 Å². The fraction of sp³-hybridized carbons (Fsp3) is 0.826. The summed E-state index contributed by atoms with van der Waals surface area (Å²) >= 11 is 0. The first-order valence-corrected chi connectivity index (χ1v) is 10.8. The lowest BCUT2D eigenvalue weighted by atomic mass is 9.39. The van der Waals surface area contributed by atoms with E-state index in [1.54, 1.807) is 5.57 Å². The average Bonchev–Trinajstić information content (AvgIpc) is 2.98. The zero-order chi connectivity index (χ0) is 19.4. The van der Waals surface area contributed by atoms with E-state index in [2.05, 4.69) is 26.8 Å². The van der Waals surface area contributed by atoms with Crippen molar-refractivity contribution in [3.05, 3.63) is 11.6 Å². The number of carbonyl (C=O) groups excluding carboxylic acids is 1. The van der Waals surface area contributed by atoms with E-state index in [-0.39, 0.29) is 5.41 Å². The fourth-order valence-corrected chi connectivity index (χ4v) is 7.89. The number of carboxylic acids is 1. The van der Waals surface area contributed by atoms with Crippen molar-refractivity contribution in [2.45, 2.75) is 78.6 Å². The molecule has 6 atom stereocenters. The highest BCUT2D eigenvalue weighted by Gasteiger charge is 2.65. The van der Waals surface area contributed by atoms with Crippen molar-refractivity contribution in [2.24, 2.45) is 34.0 Å². The van der Waals surface area contributed by atoms with Gasteiger partial charge >= 0.3 is 11.9 Å². The molecule has 4 rings (SSSR count). The highest BCUT2D eigenvalue weighted by molar-refractivity contribution is 5.90. The Labute approximate surface area is 162 Å². The van der Waals surface area contributed by atoms with E-state index in [0.717, 1.165) is 18.3 Å². The van der Waals surface area contributed by atoms with Crippen LogP contribution < -0.4 is 0 Å². The summed E-state index contributed by atoms with van der Waals surface area (Å²) in [4.78, 5) is 22.6. The normalized spacial score (nSPS) is 45.4. The summed E-state index contributed by atoms with van der Waals surface area (Å²) in [7, 11) is 0. The summed E-state index contributed by atoms with van der Waals surface area (Å²) in [5.41, 5.74) is 2.31. The van der Waals surface area contributed by atoms with Crippen LogP contribution in [0, 0.1) is 34.0 Å². The lowest BCUT2D eigenvalue weighted by Gasteiger charge is -2.65. The van der Waals surface area contributed by atoms with E-state index in [1.807, 2.05) is 0 Å². The summed E-state index contributed by atoms with van der Waals surface area (Å²) in [6.45, 7) is 7.53.